The molecule has 0 saturated heterocycles. The van der Waals surface area contributed by atoms with Crippen LogP contribution in [-0.4, -0.2) is 11.1 Å². The Hall–Kier alpha value is -2.56. The lowest BCUT2D eigenvalue weighted by atomic mass is 10.2. The Labute approximate surface area is 110 Å². The summed E-state index contributed by atoms with van der Waals surface area (Å²) < 4.78 is 13.1. The Morgan fingerprint density at radius 3 is 2.63 bits per heavy atom. The van der Waals surface area contributed by atoms with Gasteiger partial charge in [0.25, 0.3) is 0 Å². The molecular formula is C14H14FN3O. The van der Waals surface area contributed by atoms with Gasteiger partial charge in [-0.15, -0.1) is 0 Å². The van der Waals surface area contributed by atoms with Crippen molar-refractivity contribution in [2.24, 2.45) is 10.7 Å². The Kier molecular flexibility index (Phi) is 3.97. The van der Waals surface area contributed by atoms with Gasteiger partial charge in [0.05, 0.1) is 6.54 Å². The number of benzene rings is 2. The molecule has 5 heteroatoms. The number of phenolic OH excluding ortho intramolecular Hbond substituents is 1. The fourth-order valence-corrected chi connectivity index (χ4v) is 1.53. The van der Waals surface area contributed by atoms with E-state index in [0.717, 1.165) is 5.69 Å². The van der Waals surface area contributed by atoms with Crippen LogP contribution in [0.1, 0.15) is 5.56 Å². The molecule has 0 saturated carbocycles. The first kappa shape index (κ1) is 12.9. The largest absolute Gasteiger partial charge is 0.505 e. The van der Waals surface area contributed by atoms with Crippen LogP contribution in [-0.2, 0) is 6.54 Å². The minimum Gasteiger partial charge on any atom is -0.505 e. The molecule has 2 aromatic rings. The summed E-state index contributed by atoms with van der Waals surface area (Å²) in [5.41, 5.74) is 7.18. The summed E-state index contributed by atoms with van der Waals surface area (Å²) in [4.78, 5) is 4.10. The average molecular weight is 259 g/mol. The van der Waals surface area contributed by atoms with E-state index in [1.807, 2.05) is 30.3 Å². The van der Waals surface area contributed by atoms with E-state index >= 15 is 0 Å². The number of halogens is 1. The van der Waals surface area contributed by atoms with E-state index in [4.69, 9.17) is 10.8 Å². The maximum absolute atomic E-state index is 13.1. The molecule has 0 fully saturated rings. The Bertz CT molecular complexity index is 584. The quantitative estimate of drug-likeness (QED) is 0.585. The van der Waals surface area contributed by atoms with Gasteiger partial charge in [0.2, 0.25) is 0 Å². The van der Waals surface area contributed by atoms with Gasteiger partial charge in [-0.05, 0) is 29.8 Å². The number of aromatic hydroxyl groups is 1. The number of nitrogens with two attached hydrogens (primary N) is 1. The van der Waals surface area contributed by atoms with E-state index in [1.54, 1.807) is 6.07 Å². The maximum atomic E-state index is 13.1. The number of nitrogens with zero attached hydrogens (tertiary/aromatic N) is 1. The lowest BCUT2D eigenvalue weighted by Gasteiger charge is -2.05. The van der Waals surface area contributed by atoms with Crippen LogP contribution in [0, 0.1) is 5.82 Å². The zero-order valence-electron chi connectivity index (χ0n) is 10.2. The summed E-state index contributed by atoms with van der Waals surface area (Å²) in [6, 6.07) is 13.5. The standard InChI is InChI=1S/C14H14FN3O/c15-12-8-10(6-7-13(12)19)9-17-14(16)18-11-4-2-1-3-5-11/h1-8,19H,9H2,(H3,16,17,18). The summed E-state index contributed by atoms with van der Waals surface area (Å²) in [5.74, 6) is -0.787. The molecule has 0 radical (unpaired) electrons. The van der Waals surface area contributed by atoms with Gasteiger partial charge >= 0.3 is 0 Å². The van der Waals surface area contributed by atoms with E-state index in [0.29, 0.717) is 5.56 Å². The van der Waals surface area contributed by atoms with Gasteiger partial charge in [-0.2, -0.15) is 0 Å². The van der Waals surface area contributed by atoms with Crippen LogP contribution < -0.4 is 11.1 Å². The van der Waals surface area contributed by atoms with Crippen LogP contribution >= 0.6 is 0 Å². The number of aliphatic imine (C=N–C) groups is 1. The fourth-order valence-electron chi connectivity index (χ4n) is 1.53. The first-order valence-electron chi connectivity index (χ1n) is 5.74. The fraction of sp³-hybridized carbons (Fsp3) is 0.0714. The van der Waals surface area contributed by atoms with Crippen molar-refractivity contribution in [1.82, 2.24) is 0 Å². The Morgan fingerprint density at radius 1 is 1.21 bits per heavy atom. The van der Waals surface area contributed by atoms with Crippen molar-refractivity contribution in [3.05, 3.63) is 59.9 Å². The normalized spacial score (nSPS) is 11.3. The van der Waals surface area contributed by atoms with Crippen molar-refractivity contribution in [1.29, 1.82) is 0 Å². The molecule has 0 aliphatic rings. The van der Waals surface area contributed by atoms with E-state index in [-0.39, 0.29) is 18.3 Å². The number of anilines is 1. The molecule has 0 aliphatic carbocycles. The van der Waals surface area contributed by atoms with Crippen molar-refractivity contribution in [2.45, 2.75) is 6.54 Å². The van der Waals surface area contributed by atoms with Crippen molar-refractivity contribution in [3.8, 4) is 5.75 Å². The van der Waals surface area contributed by atoms with Crippen LogP contribution in [0.5, 0.6) is 5.75 Å². The molecule has 0 aliphatic heterocycles. The van der Waals surface area contributed by atoms with E-state index in [2.05, 4.69) is 10.3 Å². The van der Waals surface area contributed by atoms with Crippen LogP contribution in [0.3, 0.4) is 0 Å². The molecular weight excluding hydrogens is 245 g/mol. The third-order valence-corrected chi connectivity index (χ3v) is 2.49. The highest BCUT2D eigenvalue weighted by Crippen LogP contribution is 2.16. The SMILES string of the molecule is NC(=NCc1ccc(O)c(F)c1)Nc1ccccc1. The molecule has 0 spiro atoms. The molecule has 0 amide bonds. The molecule has 98 valence electrons. The minimum atomic E-state index is -0.665. The zero-order valence-corrected chi connectivity index (χ0v) is 10.2. The highest BCUT2D eigenvalue weighted by molar-refractivity contribution is 5.92. The second kappa shape index (κ2) is 5.86. The van der Waals surface area contributed by atoms with Crippen molar-refractivity contribution in [2.75, 3.05) is 5.32 Å². The highest BCUT2D eigenvalue weighted by atomic mass is 19.1. The van der Waals surface area contributed by atoms with Crippen molar-refractivity contribution < 1.29 is 9.50 Å². The molecule has 19 heavy (non-hydrogen) atoms. The average Bonchev–Trinajstić information content (AvgIpc) is 2.41. The first-order chi connectivity index (χ1) is 9.15. The van der Waals surface area contributed by atoms with Gasteiger partial charge in [-0.25, -0.2) is 9.38 Å². The molecule has 0 atom stereocenters. The highest BCUT2D eigenvalue weighted by Gasteiger charge is 2.01. The molecule has 0 bridgehead atoms. The Morgan fingerprint density at radius 2 is 1.95 bits per heavy atom. The van der Waals surface area contributed by atoms with Gasteiger partial charge in [-0.1, -0.05) is 24.3 Å². The summed E-state index contributed by atoms with van der Waals surface area (Å²) in [7, 11) is 0. The summed E-state index contributed by atoms with van der Waals surface area (Å²) in [6.45, 7) is 0.239. The number of hydrogen-bond acceptors (Lipinski definition) is 2. The first-order valence-corrected chi connectivity index (χ1v) is 5.74. The molecule has 4 N–H and O–H groups in total. The van der Waals surface area contributed by atoms with Gasteiger partial charge in [0.1, 0.15) is 0 Å². The molecule has 0 unspecified atom stereocenters. The van der Waals surface area contributed by atoms with Gasteiger partial charge in [0, 0.05) is 5.69 Å². The van der Waals surface area contributed by atoms with E-state index < -0.39 is 5.82 Å². The monoisotopic (exact) mass is 259 g/mol. The third kappa shape index (κ3) is 3.70. The van der Waals surface area contributed by atoms with Crippen LogP contribution in [0.25, 0.3) is 0 Å². The van der Waals surface area contributed by atoms with Crippen LogP contribution in [0.2, 0.25) is 0 Å². The summed E-state index contributed by atoms with van der Waals surface area (Å²) >= 11 is 0. The second-order valence-electron chi connectivity index (χ2n) is 3.98. The second-order valence-corrected chi connectivity index (χ2v) is 3.98. The number of phenols is 1. The van der Waals surface area contributed by atoms with Crippen LogP contribution in [0.4, 0.5) is 10.1 Å². The summed E-state index contributed by atoms with van der Waals surface area (Å²) in [5, 5.41) is 12.0. The molecule has 4 nitrogen and oxygen atoms in total. The smallest absolute Gasteiger partial charge is 0.193 e. The van der Waals surface area contributed by atoms with Crippen molar-refractivity contribution >= 4 is 11.6 Å². The van der Waals surface area contributed by atoms with Gasteiger partial charge < -0.3 is 16.2 Å². The van der Waals surface area contributed by atoms with Crippen molar-refractivity contribution in [3.63, 3.8) is 0 Å². The lowest BCUT2D eigenvalue weighted by molar-refractivity contribution is 0.432. The topological polar surface area (TPSA) is 70.6 Å². The predicted molar refractivity (Wildman–Crippen MR) is 73.5 cm³/mol. The van der Waals surface area contributed by atoms with Gasteiger partial charge in [0.15, 0.2) is 17.5 Å². The number of guanidine groups is 1. The maximum Gasteiger partial charge on any atom is 0.193 e. The van der Waals surface area contributed by atoms with Crippen LogP contribution in [0.15, 0.2) is 53.5 Å². The number of rotatable bonds is 3. The molecule has 2 aromatic carbocycles. The molecule has 0 aromatic heterocycles. The predicted octanol–water partition coefficient (Wildman–Crippen LogP) is 2.46. The molecule has 0 heterocycles. The number of hydrogen-bond donors (Lipinski definition) is 3. The zero-order chi connectivity index (χ0) is 13.7. The lowest BCUT2D eigenvalue weighted by Crippen LogP contribution is -2.22. The minimum absolute atomic E-state index is 0.239. The third-order valence-electron chi connectivity index (χ3n) is 2.49. The summed E-state index contributed by atoms with van der Waals surface area (Å²) in [6.07, 6.45) is 0. The molecule has 2 rings (SSSR count). The van der Waals surface area contributed by atoms with Gasteiger partial charge in [-0.3, -0.25) is 0 Å². The number of para-hydroxylation sites is 1. The van der Waals surface area contributed by atoms with E-state index in [1.165, 1.54) is 12.1 Å². The Balaban J connectivity index is 1.99. The van der Waals surface area contributed by atoms with E-state index in [9.17, 15) is 4.39 Å². The number of nitrogens with one attached hydrogen (secondary N) is 1.